The molecule has 10 heavy (non-hydrogen) atoms. The molecule has 0 rings (SSSR count). The third kappa shape index (κ3) is 5.54. The summed E-state index contributed by atoms with van der Waals surface area (Å²) in [6.07, 6.45) is 0.254. The quantitative estimate of drug-likeness (QED) is 0.567. The van der Waals surface area contributed by atoms with Crippen LogP contribution in [-0.4, -0.2) is 18.7 Å². The summed E-state index contributed by atoms with van der Waals surface area (Å²) in [6, 6.07) is 0. The maximum Gasteiger partial charge on any atom is 0.302 e. The van der Waals surface area contributed by atoms with E-state index in [9.17, 15) is 9.18 Å². The zero-order valence-corrected chi connectivity index (χ0v) is 6.39. The Morgan fingerprint density at radius 3 is 2.70 bits per heavy atom. The molecule has 0 aromatic rings. The highest BCUT2D eigenvalue weighted by molar-refractivity contribution is 5.65. The van der Waals surface area contributed by atoms with Gasteiger partial charge in [0.25, 0.3) is 0 Å². The van der Waals surface area contributed by atoms with Crippen LogP contribution < -0.4 is 0 Å². The van der Waals surface area contributed by atoms with E-state index in [1.807, 2.05) is 6.92 Å². The van der Waals surface area contributed by atoms with Gasteiger partial charge in [-0.25, -0.2) is 4.39 Å². The van der Waals surface area contributed by atoms with E-state index in [2.05, 4.69) is 4.74 Å². The Morgan fingerprint density at radius 1 is 1.70 bits per heavy atom. The zero-order chi connectivity index (χ0) is 7.98. The molecule has 2 nitrogen and oxygen atoms in total. The third-order valence-corrected chi connectivity index (χ3v) is 1.07. The fourth-order valence-corrected chi connectivity index (χ4v) is 0.604. The van der Waals surface area contributed by atoms with Gasteiger partial charge in [0, 0.05) is 6.92 Å². The van der Waals surface area contributed by atoms with Gasteiger partial charge < -0.3 is 4.74 Å². The lowest BCUT2D eigenvalue weighted by Crippen LogP contribution is -2.12. The lowest BCUT2D eigenvalue weighted by molar-refractivity contribution is -0.142. The molecule has 60 valence electrons. The minimum atomic E-state index is -0.992. The van der Waals surface area contributed by atoms with E-state index in [0.29, 0.717) is 6.42 Å². The lowest BCUT2D eigenvalue weighted by Gasteiger charge is -2.05. The van der Waals surface area contributed by atoms with Gasteiger partial charge in [0.05, 0.1) is 0 Å². The normalized spacial score (nSPS) is 12.7. The highest BCUT2D eigenvalue weighted by Crippen LogP contribution is 2.01. The first kappa shape index (κ1) is 9.40. The van der Waals surface area contributed by atoms with Crippen LogP contribution in [0.25, 0.3) is 0 Å². The van der Waals surface area contributed by atoms with Crippen LogP contribution in [0.2, 0.25) is 0 Å². The van der Waals surface area contributed by atoms with Gasteiger partial charge in [-0.15, -0.1) is 0 Å². The van der Waals surface area contributed by atoms with Crippen LogP contribution in [0, 0.1) is 0 Å². The molecule has 0 aliphatic carbocycles. The summed E-state index contributed by atoms with van der Waals surface area (Å²) in [4.78, 5) is 10.2. The minimum absolute atomic E-state index is 0.0941. The standard InChI is InChI=1S/C7H13FO2/c1-3-4-7(8)5-10-6(2)9/h7H,3-5H2,1-2H3. The van der Waals surface area contributed by atoms with Crippen molar-refractivity contribution >= 4 is 5.97 Å². The minimum Gasteiger partial charge on any atom is -0.463 e. The second-order valence-electron chi connectivity index (χ2n) is 2.19. The molecule has 0 spiro atoms. The van der Waals surface area contributed by atoms with E-state index < -0.39 is 12.1 Å². The van der Waals surface area contributed by atoms with Crippen LogP contribution >= 0.6 is 0 Å². The maximum absolute atomic E-state index is 12.5. The van der Waals surface area contributed by atoms with Crippen molar-refractivity contribution in [2.24, 2.45) is 0 Å². The van der Waals surface area contributed by atoms with E-state index in [4.69, 9.17) is 0 Å². The van der Waals surface area contributed by atoms with Gasteiger partial charge in [0.15, 0.2) is 0 Å². The largest absolute Gasteiger partial charge is 0.463 e. The monoisotopic (exact) mass is 148 g/mol. The van der Waals surface area contributed by atoms with Gasteiger partial charge in [-0.3, -0.25) is 4.79 Å². The molecular weight excluding hydrogens is 135 g/mol. The SMILES string of the molecule is CCCC(F)COC(C)=O. The Labute approximate surface area is 60.4 Å². The molecule has 0 bridgehead atoms. The molecule has 1 unspecified atom stereocenters. The van der Waals surface area contributed by atoms with E-state index >= 15 is 0 Å². The van der Waals surface area contributed by atoms with Crippen LogP contribution in [0.15, 0.2) is 0 Å². The van der Waals surface area contributed by atoms with Crippen molar-refractivity contribution in [2.45, 2.75) is 32.9 Å². The lowest BCUT2D eigenvalue weighted by atomic mass is 10.2. The Kier molecular flexibility index (Phi) is 4.89. The molecular formula is C7H13FO2. The fourth-order valence-electron chi connectivity index (χ4n) is 0.604. The number of ether oxygens (including phenoxy) is 1. The molecule has 0 saturated carbocycles. The fraction of sp³-hybridized carbons (Fsp3) is 0.857. The summed E-state index contributed by atoms with van der Waals surface area (Å²) < 4.78 is 16.9. The molecule has 3 heteroatoms. The van der Waals surface area contributed by atoms with Crippen molar-refractivity contribution in [3.63, 3.8) is 0 Å². The van der Waals surface area contributed by atoms with E-state index in [1.165, 1.54) is 6.92 Å². The summed E-state index contributed by atoms with van der Waals surface area (Å²) in [5.41, 5.74) is 0. The topological polar surface area (TPSA) is 26.3 Å². The highest BCUT2D eigenvalue weighted by atomic mass is 19.1. The first-order valence-electron chi connectivity index (χ1n) is 3.44. The van der Waals surface area contributed by atoms with Gasteiger partial charge >= 0.3 is 5.97 Å². The average molecular weight is 148 g/mol. The molecule has 0 radical (unpaired) electrons. The van der Waals surface area contributed by atoms with Crippen molar-refractivity contribution in [2.75, 3.05) is 6.61 Å². The van der Waals surface area contributed by atoms with Gasteiger partial charge in [-0.2, -0.15) is 0 Å². The average Bonchev–Trinajstić information content (AvgIpc) is 1.85. The Bertz CT molecular complexity index is 104. The number of alkyl halides is 1. The van der Waals surface area contributed by atoms with Crippen molar-refractivity contribution in [1.82, 2.24) is 0 Å². The molecule has 0 amide bonds. The number of hydrogen-bond acceptors (Lipinski definition) is 2. The molecule has 0 heterocycles. The smallest absolute Gasteiger partial charge is 0.302 e. The number of hydrogen-bond donors (Lipinski definition) is 0. The molecule has 0 fully saturated rings. The molecule has 1 atom stereocenters. The van der Waals surface area contributed by atoms with Crippen LogP contribution in [0.4, 0.5) is 4.39 Å². The zero-order valence-electron chi connectivity index (χ0n) is 6.39. The van der Waals surface area contributed by atoms with E-state index in [1.54, 1.807) is 0 Å². The Hall–Kier alpha value is -0.600. The van der Waals surface area contributed by atoms with Crippen molar-refractivity contribution in [3.05, 3.63) is 0 Å². The first-order chi connectivity index (χ1) is 4.66. The first-order valence-corrected chi connectivity index (χ1v) is 3.44. The second kappa shape index (κ2) is 5.21. The molecule has 0 aliphatic rings. The summed E-state index contributed by atoms with van der Waals surface area (Å²) in [6.45, 7) is 3.07. The van der Waals surface area contributed by atoms with Crippen LogP contribution in [0.3, 0.4) is 0 Å². The number of carbonyl (C=O) groups is 1. The van der Waals surface area contributed by atoms with Crippen LogP contribution in [0.1, 0.15) is 26.7 Å². The van der Waals surface area contributed by atoms with E-state index in [-0.39, 0.29) is 6.61 Å². The highest BCUT2D eigenvalue weighted by Gasteiger charge is 2.05. The van der Waals surface area contributed by atoms with Crippen molar-refractivity contribution < 1.29 is 13.9 Å². The third-order valence-electron chi connectivity index (χ3n) is 1.07. The van der Waals surface area contributed by atoms with Gasteiger partial charge in [-0.1, -0.05) is 13.3 Å². The summed E-state index contributed by atoms with van der Waals surface area (Å²) in [5.74, 6) is -0.418. The molecule has 0 aromatic heterocycles. The number of carbonyl (C=O) groups excluding carboxylic acids is 1. The molecule has 0 aromatic carbocycles. The number of rotatable bonds is 4. The molecule has 0 aliphatic heterocycles. The predicted molar refractivity (Wildman–Crippen MR) is 36.4 cm³/mol. The number of esters is 1. The summed E-state index contributed by atoms with van der Waals surface area (Å²) >= 11 is 0. The Balaban J connectivity index is 3.21. The van der Waals surface area contributed by atoms with Gasteiger partial charge in [-0.05, 0) is 6.42 Å². The predicted octanol–water partition coefficient (Wildman–Crippen LogP) is 1.69. The maximum atomic E-state index is 12.5. The van der Waals surface area contributed by atoms with Gasteiger partial charge in [0.2, 0.25) is 0 Å². The summed E-state index contributed by atoms with van der Waals surface area (Å²) in [5, 5.41) is 0. The van der Waals surface area contributed by atoms with Crippen LogP contribution in [0.5, 0.6) is 0 Å². The van der Waals surface area contributed by atoms with E-state index in [0.717, 1.165) is 6.42 Å². The number of halogens is 1. The van der Waals surface area contributed by atoms with Crippen molar-refractivity contribution in [3.8, 4) is 0 Å². The Morgan fingerprint density at radius 2 is 2.30 bits per heavy atom. The second-order valence-corrected chi connectivity index (χ2v) is 2.19. The molecule has 0 N–H and O–H groups in total. The van der Waals surface area contributed by atoms with Crippen LogP contribution in [-0.2, 0) is 9.53 Å². The summed E-state index contributed by atoms with van der Waals surface area (Å²) in [7, 11) is 0. The van der Waals surface area contributed by atoms with Crippen molar-refractivity contribution in [1.29, 1.82) is 0 Å². The molecule has 0 saturated heterocycles. The van der Waals surface area contributed by atoms with Gasteiger partial charge in [0.1, 0.15) is 12.8 Å².